The third-order valence-corrected chi connectivity index (χ3v) is 4.61. The molecule has 0 atom stereocenters. The number of hydrogen-bond donors (Lipinski definition) is 1. The van der Waals surface area contributed by atoms with Gasteiger partial charge in [-0.25, -0.2) is 5.43 Å². The van der Waals surface area contributed by atoms with E-state index >= 15 is 0 Å². The van der Waals surface area contributed by atoms with Gasteiger partial charge in [0.05, 0.1) is 0 Å². The second-order valence-corrected chi connectivity index (χ2v) is 6.59. The Morgan fingerprint density at radius 2 is 1.78 bits per heavy atom. The van der Waals surface area contributed by atoms with Gasteiger partial charge in [-0.15, -0.1) is 0 Å². The number of rotatable bonds is 4. The van der Waals surface area contributed by atoms with Crippen molar-refractivity contribution in [1.82, 2.24) is 5.43 Å². The van der Waals surface area contributed by atoms with Crippen molar-refractivity contribution in [3.8, 4) is 5.75 Å². The van der Waals surface area contributed by atoms with Gasteiger partial charge in [-0.3, -0.25) is 9.59 Å². The van der Waals surface area contributed by atoms with Crippen molar-refractivity contribution in [2.24, 2.45) is 5.10 Å². The van der Waals surface area contributed by atoms with Gasteiger partial charge in [-0.1, -0.05) is 48.5 Å². The lowest BCUT2D eigenvalue weighted by Gasteiger charge is -2.09. The number of benzene rings is 3. The zero-order chi connectivity index (χ0) is 19.0. The van der Waals surface area contributed by atoms with Crippen LogP contribution in [0.2, 0.25) is 0 Å². The minimum atomic E-state index is -0.417. The van der Waals surface area contributed by atoms with Crippen LogP contribution in [-0.2, 0) is 4.79 Å². The molecule has 27 heavy (non-hydrogen) atoms. The average molecular weight is 358 g/mol. The molecule has 1 amide bonds. The van der Waals surface area contributed by atoms with Gasteiger partial charge >= 0.3 is 0 Å². The molecule has 0 radical (unpaired) electrons. The number of aryl methyl sites for hydroxylation is 2. The topological polar surface area (TPSA) is 67.8 Å². The Bertz CT molecular complexity index is 1110. The fourth-order valence-electron chi connectivity index (χ4n) is 3.25. The minimum absolute atomic E-state index is 0.174. The number of Topliss-reactive ketones (excluding diaryl/α,β-unsaturated/α-hetero) is 1. The first kappa shape index (κ1) is 17.0. The normalized spacial score (nSPS) is 14.0. The largest absolute Gasteiger partial charge is 0.483 e. The Kier molecular flexibility index (Phi) is 4.20. The number of carbonyl (C=O) groups is 2. The van der Waals surface area contributed by atoms with Crippen molar-refractivity contribution in [3.63, 3.8) is 0 Å². The van der Waals surface area contributed by atoms with Crippen molar-refractivity contribution in [3.05, 3.63) is 76.9 Å². The van der Waals surface area contributed by atoms with E-state index in [9.17, 15) is 9.59 Å². The summed E-state index contributed by atoms with van der Waals surface area (Å²) in [5.74, 6) is 0.0591. The molecule has 0 unspecified atom stereocenters. The summed E-state index contributed by atoms with van der Waals surface area (Å²) in [6.45, 7) is 3.71. The van der Waals surface area contributed by atoms with Crippen molar-refractivity contribution in [2.45, 2.75) is 13.8 Å². The summed E-state index contributed by atoms with van der Waals surface area (Å²) < 4.78 is 5.57. The molecule has 0 heterocycles. The highest BCUT2D eigenvalue weighted by molar-refractivity contribution is 6.59. The number of hydrazone groups is 1. The lowest BCUT2D eigenvalue weighted by Crippen LogP contribution is -2.27. The maximum atomic E-state index is 12.6. The predicted molar refractivity (Wildman–Crippen MR) is 104 cm³/mol. The van der Waals surface area contributed by atoms with E-state index in [2.05, 4.69) is 10.5 Å². The summed E-state index contributed by atoms with van der Waals surface area (Å²) in [6.07, 6.45) is 0. The molecule has 1 aliphatic rings. The third kappa shape index (κ3) is 3.08. The zero-order valence-electron chi connectivity index (χ0n) is 15.1. The van der Waals surface area contributed by atoms with Crippen LogP contribution in [0.15, 0.2) is 59.7 Å². The van der Waals surface area contributed by atoms with E-state index in [4.69, 9.17) is 4.74 Å². The molecular formula is C22H18N2O3. The Balaban J connectivity index is 1.50. The molecule has 0 saturated heterocycles. The van der Waals surface area contributed by atoms with Gasteiger partial charge in [0.2, 0.25) is 5.78 Å². The molecule has 134 valence electrons. The maximum Gasteiger partial charge on any atom is 0.277 e. The van der Waals surface area contributed by atoms with E-state index in [1.54, 1.807) is 6.07 Å². The van der Waals surface area contributed by atoms with Crippen molar-refractivity contribution >= 4 is 28.2 Å². The highest BCUT2D eigenvalue weighted by Gasteiger charge is 2.28. The quantitative estimate of drug-likeness (QED) is 0.725. The predicted octanol–water partition coefficient (Wildman–Crippen LogP) is 3.55. The van der Waals surface area contributed by atoms with Crippen LogP contribution >= 0.6 is 0 Å². The van der Waals surface area contributed by atoms with E-state index in [-0.39, 0.29) is 18.1 Å². The summed E-state index contributed by atoms with van der Waals surface area (Å²) >= 11 is 0. The van der Waals surface area contributed by atoms with Crippen LogP contribution in [-0.4, -0.2) is 24.0 Å². The molecule has 1 aliphatic carbocycles. The molecule has 0 spiro atoms. The molecule has 3 aromatic carbocycles. The van der Waals surface area contributed by atoms with Crippen molar-refractivity contribution in [1.29, 1.82) is 0 Å². The summed E-state index contributed by atoms with van der Waals surface area (Å²) in [7, 11) is 0. The first-order valence-electron chi connectivity index (χ1n) is 8.68. The SMILES string of the molecule is Cc1ccc(C)c(OCC(=O)N/N=C2\C(=O)c3cccc4cccc2c34)c1. The standard InChI is InChI=1S/C22H18N2O3/c1-13-9-10-14(2)18(11-13)27-12-19(25)23-24-21-16-7-3-5-15-6-4-8-17(20(15)16)22(21)26/h3-11H,12H2,1-2H3,(H,23,25)/b24-21-. The minimum Gasteiger partial charge on any atom is -0.483 e. The fourth-order valence-corrected chi connectivity index (χ4v) is 3.25. The Morgan fingerprint density at radius 3 is 2.56 bits per heavy atom. The molecule has 5 heteroatoms. The van der Waals surface area contributed by atoms with E-state index in [1.165, 1.54) is 0 Å². The van der Waals surface area contributed by atoms with Crippen LogP contribution in [0.1, 0.15) is 27.0 Å². The van der Waals surface area contributed by atoms with Crippen LogP contribution in [0, 0.1) is 13.8 Å². The summed E-state index contributed by atoms with van der Waals surface area (Å²) in [5.41, 5.74) is 6.05. The molecule has 4 rings (SSSR count). The van der Waals surface area contributed by atoms with Crippen LogP contribution < -0.4 is 10.2 Å². The van der Waals surface area contributed by atoms with Crippen LogP contribution in [0.25, 0.3) is 10.8 Å². The number of nitrogens with zero attached hydrogens (tertiary/aromatic N) is 1. The highest BCUT2D eigenvalue weighted by Crippen LogP contribution is 2.30. The van der Waals surface area contributed by atoms with E-state index in [0.717, 1.165) is 27.5 Å². The van der Waals surface area contributed by atoms with Crippen LogP contribution in [0.3, 0.4) is 0 Å². The Labute approximate surface area is 156 Å². The summed E-state index contributed by atoms with van der Waals surface area (Å²) in [4.78, 5) is 24.8. The first-order chi connectivity index (χ1) is 13.0. The Hall–Kier alpha value is -3.47. The molecule has 0 saturated carbocycles. The second-order valence-electron chi connectivity index (χ2n) is 6.59. The number of amides is 1. The first-order valence-corrected chi connectivity index (χ1v) is 8.68. The Morgan fingerprint density at radius 1 is 1.04 bits per heavy atom. The van der Waals surface area contributed by atoms with E-state index in [0.29, 0.717) is 11.3 Å². The lowest BCUT2D eigenvalue weighted by molar-refractivity contribution is -0.123. The maximum absolute atomic E-state index is 12.6. The monoisotopic (exact) mass is 358 g/mol. The molecule has 1 N–H and O–H groups in total. The van der Waals surface area contributed by atoms with Crippen molar-refractivity contribution < 1.29 is 14.3 Å². The van der Waals surface area contributed by atoms with Gasteiger partial charge in [0.25, 0.3) is 5.91 Å². The number of carbonyl (C=O) groups excluding carboxylic acids is 2. The second kappa shape index (κ2) is 6.68. The van der Waals surface area contributed by atoms with Crippen LogP contribution in [0.5, 0.6) is 5.75 Å². The molecular weight excluding hydrogens is 340 g/mol. The van der Waals surface area contributed by atoms with E-state index in [1.807, 2.05) is 62.4 Å². The van der Waals surface area contributed by atoms with Gasteiger partial charge in [-0.05, 0) is 36.4 Å². The average Bonchev–Trinajstić information content (AvgIpc) is 2.95. The molecule has 3 aromatic rings. The summed E-state index contributed by atoms with van der Waals surface area (Å²) in [5, 5.41) is 5.94. The number of ether oxygens (including phenoxy) is 1. The number of nitrogens with one attached hydrogen (secondary N) is 1. The fraction of sp³-hybridized carbons (Fsp3) is 0.136. The third-order valence-electron chi connectivity index (χ3n) is 4.61. The molecule has 0 aromatic heterocycles. The molecule has 0 aliphatic heterocycles. The van der Waals surface area contributed by atoms with Gasteiger partial charge in [0.1, 0.15) is 11.5 Å². The zero-order valence-corrected chi connectivity index (χ0v) is 15.1. The van der Waals surface area contributed by atoms with Crippen LogP contribution in [0.4, 0.5) is 0 Å². The van der Waals surface area contributed by atoms with E-state index < -0.39 is 5.91 Å². The van der Waals surface area contributed by atoms with Gasteiger partial charge in [-0.2, -0.15) is 5.10 Å². The molecule has 0 fully saturated rings. The smallest absolute Gasteiger partial charge is 0.277 e. The van der Waals surface area contributed by atoms with Crippen molar-refractivity contribution in [2.75, 3.05) is 6.61 Å². The lowest BCUT2D eigenvalue weighted by atomic mass is 10.1. The van der Waals surface area contributed by atoms with Gasteiger partial charge < -0.3 is 4.74 Å². The molecule has 5 nitrogen and oxygen atoms in total. The molecule has 0 bridgehead atoms. The van der Waals surface area contributed by atoms with Gasteiger partial charge in [0, 0.05) is 16.5 Å². The number of hydrogen-bond acceptors (Lipinski definition) is 4. The summed E-state index contributed by atoms with van der Waals surface area (Å²) in [6, 6.07) is 17.1. The van der Waals surface area contributed by atoms with Gasteiger partial charge in [0.15, 0.2) is 6.61 Å². The number of ketones is 1. The highest BCUT2D eigenvalue weighted by atomic mass is 16.5.